The van der Waals surface area contributed by atoms with Crippen LogP contribution in [-0.2, 0) is 4.79 Å². The predicted octanol–water partition coefficient (Wildman–Crippen LogP) is 2.66. The second-order valence-corrected chi connectivity index (χ2v) is 5.89. The SMILES string of the molecule is O=C([C@@H]1CCCN(CCC(F)(F)F)C1)N1CCCCC1. The molecule has 2 heterocycles. The molecule has 6 heteroatoms. The van der Waals surface area contributed by atoms with Crippen LogP contribution >= 0.6 is 0 Å². The number of rotatable bonds is 3. The summed E-state index contributed by atoms with van der Waals surface area (Å²) in [6.07, 6.45) is 0.0278. The molecule has 0 spiro atoms. The van der Waals surface area contributed by atoms with Crippen LogP contribution in [0.3, 0.4) is 0 Å². The summed E-state index contributed by atoms with van der Waals surface area (Å²) in [5.74, 6) is 0.0523. The summed E-state index contributed by atoms with van der Waals surface area (Å²) in [5, 5.41) is 0. The number of carbonyl (C=O) groups excluding carboxylic acids is 1. The molecule has 2 aliphatic heterocycles. The number of amides is 1. The molecule has 2 saturated heterocycles. The molecule has 0 N–H and O–H groups in total. The van der Waals surface area contributed by atoms with Crippen LogP contribution < -0.4 is 0 Å². The van der Waals surface area contributed by atoms with Crippen LogP contribution in [0.5, 0.6) is 0 Å². The van der Waals surface area contributed by atoms with Crippen LogP contribution in [0.15, 0.2) is 0 Å². The molecule has 0 aromatic heterocycles. The summed E-state index contributed by atoms with van der Waals surface area (Å²) in [4.78, 5) is 16.1. The number of hydrogen-bond acceptors (Lipinski definition) is 2. The zero-order chi connectivity index (χ0) is 14.6. The summed E-state index contributed by atoms with van der Waals surface area (Å²) >= 11 is 0. The monoisotopic (exact) mass is 292 g/mol. The number of nitrogens with zero attached hydrogens (tertiary/aromatic N) is 2. The van der Waals surface area contributed by atoms with Gasteiger partial charge in [-0.25, -0.2) is 0 Å². The molecule has 0 aliphatic carbocycles. The van der Waals surface area contributed by atoms with Crippen LogP contribution in [0.2, 0.25) is 0 Å². The molecule has 0 saturated carbocycles. The smallest absolute Gasteiger partial charge is 0.342 e. The van der Waals surface area contributed by atoms with Crippen molar-refractivity contribution >= 4 is 5.91 Å². The van der Waals surface area contributed by atoms with Crippen LogP contribution in [0.25, 0.3) is 0 Å². The van der Waals surface area contributed by atoms with E-state index in [4.69, 9.17) is 0 Å². The van der Waals surface area contributed by atoms with Gasteiger partial charge in [0.1, 0.15) is 0 Å². The highest BCUT2D eigenvalue weighted by atomic mass is 19.4. The van der Waals surface area contributed by atoms with Crippen molar-refractivity contribution in [1.82, 2.24) is 9.80 Å². The van der Waals surface area contributed by atoms with Crippen molar-refractivity contribution in [2.75, 3.05) is 32.7 Å². The van der Waals surface area contributed by atoms with Crippen molar-refractivity contribution < 1.29 is 18.0 Å². The van der Waals surface area contributed by atoms with Crippen molar-refractivity contribution in [3.05, 3.63) is 0 Å². The standard InChI is InChI=1S/C14H23F3N2O/c15-14(16,17)6-10-18-7-4-5-12(11-18)13(20)19-8-2-1-3-9-19/h12H,1-11H2/t12-/m1/s1. The van der Waals surface area contributed by atoms with Gasteiger partial charge in [-0.2, -0.15) is 13.2 Å². The van der Waals surface area contributed by atoms with Crippen LogP contribution in [-0.4, -0.2) is 54.6 Å². The van der Waals surface area contributed by atoms with Gasteiger partial charge in [-0.3, -0.25) is 4.79 Å². The fourth-order valence-electron chi connectivity index (χ4n) is 3.12. The van der Waals surface area contributed by atoms with E-state index in [1.54, 1.807) is 4.90 Å². The first-order chi connectivity index (χ1) is 9.46. The number of likely N-dealkylation sites (tertiary alicyclic amines) is 2. The van der Waals surface area contributed by atoms with Gasteiger partial charge in [-0.1, -0.05) is 0 Å². The highest BCUT2D eigenvalue weighted by Crippen LogP contribution is 2.24. The van der Waals surface area contributed by atoms with Gasteiger partial charge in [-0.15, -0.1) is 0 Å². The van der Waals surface area contributed by atoms with Crippen molar-refractivity contribution in [3.8, 4) is 0 Å². The zero-order valence-corrected chi connectivity index (χ0v) is 11.8. The fraction of sp³-hybridized carbons (Fsp3) is 0.929. The van der Waals surface area contributed by atoms with Gasteiger partial charge < -0.3 is 9.80 Å². The maximum atomic E-state index is 12.4. The Morgan fingerprint density at radius 3 is 2.40 bits per heavy atom. The molecule has 2 fully saturated rings. The van der Waals surface area contributed by atoms with Crippen LogP contribution in [0.4, 0.5) is 13.2 Å². The van der Waals surface area contributed by atoms with E-state index in [2.05, 4.69) is 0 Å². The van der Waals surface area contributed by atoms with Crippen molar-refractivity contribution in [3.63, 3.8) is 0 Å². The molecule has 1 atom stereocenters. The molecule has 2 rings (SSSR count). The quantitative estimate of drug-likeness (QED) is 0.798. The summed E-state index contributed by atoms with van der Waals surface area (Å²) < 4.78 is 36.8. The van der Waals surface area contributed by atoms with Gasteiger partial charge in [0.25, 0.3) is 0 Å². The largest absolute Gasteiger partial charge is 0.390 e. The molecular weight excluding hydrogens is 269 g/mol. The molecule has 0 aromatic carbocycles. The number of alkyl halides is 3. The Hall–Kier alpha value is -0.780. The molecule has 0 unspecified atom stereocenters. The molecule has 0 aromatic rings. The number of piperidine rings is 2. The van der Waals surface area contributed by atoms with Crippen molar-refractivity contribution in [1.29, 1.82) is 0 Å². The van der Waals surface area contributed by atoms with Crippen LogP contribution in [0, 0.1) is 5.92 Å². The minimum absolute atomic E-state index is 0.0211. The maximum Gasteiger partial charge on any atom is 0.390 e. The lowest BCUT2D eigenvalue weighted by atomic mass is 9.95. The Morgan fingerprint density at radius 2 is 1.75 bits per heavy atom. The van der Waals surface area contributed by atoms with Gasteiger partial charge >= 0.3 is 6.18 Å². The van der Waals surface area contributed by atoms with E-state index in [9.17, 15) is 18.0 Å². The van der Waals surface area contributed by atoms with E-state index in [-0.39, 0.29) is 18.4 Å². The zero-order valence-electron chi connectivity index (χ0n) is 11.8. The number of carbonyl (C=O) groups is 1. The van der Waals surface area contributed by atoms with E-state index in [0.29, 0.717) is 13.1 Å². The number of hydrogen-bond donors (Lipinski definition) is 0. The maximum absolute atomic E-state index is 12.4. The van der Waals surface area contributed by atoms with Crippen molar-refractivity contribution in [2.24, 2.45) is 5.92 Å². The lowest BCUT2D eigenvalue weighted by Crippen LogP contribution is -2.46. The average molecular weight is 292 g/mol. The summed E-state index contributed by atoms with van der Waals surface area (Å²) in [7, 11) is 0. The van der Waals surface area contributed by atoms with Gasteiger partial charge in [-0.05, 0) is 38.6 Å². The molecule has 0 bridgehead atoms. The molecule has 116 valence electrons. The second kappa shape index (κ2) is 6.78. The molecule has 2 aliphatic rings. The normalized spacial score (nSPS) is 25.8. The molecule has 0 radical (unpaired) electrons. The Bertz CT molecular complexity index is 327. The minimum Gasteiger partial charge on any atom is -0.342 e. The summed E-state index contributed by atoms with van der Waals surface area (Å²) in [5.41, 5.74) is 0. The topological polar surface area (TPSA) is 23.6 Å². The third kappa shape index (κ3) is 4.65. The summed E-state index contributed by atoms with van der Waals surface area (Å²) in [6.45, 7) is 2.83. The third-order valence-electron chi connectivity index (χ3n) is 4.23. The third-order valence-corrected chi connectivity index (χ3v) is 4.23. The van der Waals surface area contributed by atoms with Crippen LogP contribution in [0.1, 0.15) is 38.5 Å². The molecule has 1 amide bonds. The minimum atomic E-state index is -4.11. The lowest BCUT2D eigenvalue weighted by Gasteiger charge is -2.36. The first-order valence-electron chi connectivity index (χ1n) is 7.53. The van der Waals surface area contributed by atoms with Gasteiger partial charge in [0.2, 0.25) is 5.91 Å². The first kappa shape index (κ1) is 15.6. The Labute approximate surface area is 118 Å². The van der Waals surface area contributed by atoms with Gasteiger partial charge in [0.15, 0.2) is 0 Å². The highest BCUT2D eigenvalue weighted by molar-refractivity contribution is 5.79. The Kier molecular flexibility index (Phi) is 5.29. The number of halogens is 3. The van der Waals surface area contributed by atoms with E-state index in [1.165, 1.54) is 6.42 Å². The molecule has 20 heavy (non-hydrogen) atoms. The van der Waals surface area contributed by atoms with E-state index in [0.717, 1.165) is 38.8 Å². The van der Waals surface area contributed by atoms with E-state index >= 15 is 0 Å². The molecular formula is C14H23F3N2O. The fourth-order valence-corrected chi connectivity index (χ4v) is 3.12. The Morgan fingerprint density at radius 1 is 1.05 bits per heavy atom. The van der Waals surface area contributed by atoms with E-state index in [1.807, 2.05) is 4.90 Å². The first-order valence-corrected chi connectivity index (χ1v) is 7.53. The van der Waals surface area contributed by atoms with Crippen molar-refractivity contribution in [2.45, 2.75) is 44.7 Å². The Balaban J connectivity index is 1.81. The second-order valence-electron chi connectivity index (χ2n) is 5.89. The highest BCUT2D eigenvalue weighted by Gasteiger charge is 2.32. The van der Waals surface area contributed by atoms with Gasteiger partial charge in [0.05, 0.1) is 12.3 Å². The van der Waals surface area contributed by atoms with Gasteiger partial charge in [0, 0.05) is 26.2 Å². The molecule has 3 nitrogen and oxygen atoms in total. The average Bonchev–Trinajstić information content (AvgIpc) is 2.45. The van der Waals surface area contributed by atoms with E-state index < -0.39 is 12.6 Å². The lowest BCUT2D eigenvalue weighted by molar-refractivity contribution is -0.142. The predicted molar refractivity (Wildman–Crippen MR) is 70.3 cm³/mol. The summed E-state index contributed by atoms with van der Waals surface area (Å²) in [6, 6.07) is 0.